The molecule has 2 rings (SSSR count). The van der Waals surface area contributed by atoms with Crippen molar-refractivity contribution < 1.29 is 32.5 Å². The molecule has 0 bridgehead atoms. The second-order valence-electron chi connectivity index (χ2n) is 3.91. The third-order valence-corrected chi connectivity index (χ3v) is 2.15. The van der Waals surface area contributed by atoms with Crippen molar-refractivity contribution in [3.8, 4) is 5.75 Å². The van der Waals surface area contributed by atoms with Gasteiger partial charge in [0, 0.05) is 0 Å². The molecule has 0 saturated carbocycles. The van der Waals surface area contributed by atoms with Crippen LogP contribution in [0.1, 0.15) is 15.9 Å². The molecule has 0 unspecified atom stereocenters. The zero-order chi connectivity index (χ0) is 17.9. The van der Waals surface area contributed by atoms with Crippen LogP contribution in [0.4, 0.5) is 0 Å². The minimum Gasteiger partial charge on any atom is -0.508 e. The largest absolute Gasteiger partial charge is 0.508 e. The summed E-state index contributed by atoms with van der Waals surface area (Å²) in [6, 6.07) is 15.2. The molecule has 0 spiro atoms. The normalized spacial score (nSPS) is 9.48. The van der Waals surface area contributed by atoms with Crippen LogP contribution in [0.25, 0.3) is 6.08 Å². The van der Waals surface area contributed by atoms with Crippen molar-refractivity contribution in [2.24, 2.45) is 0 Å². The van der Waals surface area contributed by atoms with Crippen LogP contribution in [-0.4, -0.2) is 33.7 Å². The number of phenols is 1. The molecule has 124 valence electrons. The van der Waals surface area contributed by atoms with Gasteiger partial charge in [-0.25, -0.2) is 4.79 Å². The van der Waals surface area contributed by atoms with Gasteiger partial charge in [0.15, 0.2) is 0 Å². The van der Waals surface area contributed by atoms with Gasteiger partial charge >= 0.3 is 16.4 Å². The van der Waals surface area contributed by atoms with Crippen LogP contribution >= 0.6 is 0 Å². The van der Waals surface area contributed by atoms with Crippen LogP contribution in [-0.2, 0) is 10.4 Å². The quantitative estimate of drug-likeness (QED) is 0.618. The predicted molar refractivity (Wildman–Crippen MR) is 85.8 cm³/mol. The third kappa shape index (κ3) is 12.8. The van der Waals surface area contributed by atoms with Crippen molar-refractivity contribution in [2.75, 3.05) is 0 Å². The Balaban J connectivity index is 0.000000332. The minimum atomic E-state index is -4.67. The summed E-state index contributed by atoms with van der Waals surface area (Å²) in [5, 5.41) is 17.2. The summed E-state index contributed by atoms with van der Waals surface area (Å²) < 4.78 is 31.6. The molecule has 0 atom stereocenters. The predicted octanol–water partition coefficient (Wildman–Crippen LogP) is 2.77. The highest BCUT2D eigenvalue weighted by Gasteiger charge is 1.96. The molecule has 2 aromatic rings. The maximum Gasteiger partial charge on any atom is 0.394 e. The molecule has 7 nitrogen and oxygen atoms in total. The summed E-state index contributed by atoms with van der Waals surface area (Å²) in [5.74, 6) is -0.587. The van der Waals surface area contributed by atoms with E-state index >= 15 is 0 Å². The van der Waals surface area contributed by atoms with Crippen LogP contribution in [0.5, 0.6) is 5.75 Å². The van der Waals surface area contributed by atoms with Crippen LogP contribution in [0, 0.1) is 0 Å². The Labute approximate surface area is 133 Å². The molecule has 0 amide bonds. The lowest BCUT2D eigenvalue weighted by atomic mass is 10.2. The molecule has 4 N–H and O–H groups in total. The number of hydrogen-bond acceptors (Lipinski definition) is 4. The minimum absolute atomic E-state index is 0.292. The number of aromatic hydroxyl groups is 1. The average molecular weight is 340 g/mol. The first-order chi connectivity index (χ1) is 10.6. The van der Waals surface area contributed by atoms with Gasteiger partial charge in [-0.05, 0) is 29.8 Å². The maximum absolute atomic E-state index is 10.2. The molecule has 2 aromatic carbocycles. The van der Waals surface area contributed by atoms with E-state index in [0.717, 1.165) is 5.56 Å². The van der Waals surface area contributed by atoms with Crippen molar-refractivity contribution in [3.63, 3.8) is 0 Å². The first kappa shape index (κ1) is 20.3. The van der Waals surface area contributed by atoms with Gasteiger partial charge in [-0.2, -0.15) is 8.42 Å². The van der Waals surface area contributed by atoms with E-state index in [4.69, 9.17) is 27.7 Å². The van der Waals surface area contributed by atoms with Crippen molar-refractivity contribution in [1.82, 2.24) is 0 Å². The number of phenolic OH excluding ortho intramolecular Hbond substituents is 1. The second-order valence-corrected chi connectivity index (χ2v) is 4.81. The molecule has 23 heavy (non-hydrogen) atoms. The molecular weight excluding hydrogens is 324 g/mol. The van der Waals surface area contributed by atoms with E-state index in [2.05, 4.69) is 6.58 Å². The summed E-state index contributed by atoms with van der Waals surface area (Å²) in [6.07, 6.45) is 1.74. The van der Waals surface area contributed by atoms with Crippen LogP contribution in [0.2, 0.25) is 0 Å². The van der Waals surface area contributed by atoms with Gasteiger partial charge in [0.2, 0.25) is 0 Å². The van der Waals surface area contributed by atoms with E-state index in [0.29, 0.717) is 11.3 Å². The third-order valence-electron chi connectivity index (χ3n) is 2.15. The van der Waals surface area contributed by atoms with Gasteiger partial charge in [-0.1, -0.05) is 43.0 Å². The average Bonchev–Trinajstić information content (AvgIpc) is 2.48. The molecule has 0 aliphatic carbocycles. The molecule has 8 heteroatoms. The van der Waals surface area contributed by atoms with Crippen LogP contribution < -0.4 is 0 Å². The Morgan fingerprint density at radius 2 is 1.39 bits per heavy atom. The first-order valence-corrected chi connectivity index (χ1v) is 7.43. The number of benzene rings is 2. The molecule has 0 fully saturated rings. The van der Waals surface area contributed by atoms with E-state index in [1.54, 1.807) is 48.5 Å². The smallest absolute Gasteiger partial charge is 0.394 e. The highest BCUT2D eigenvalue weighted by Crippen LogP contribution is 2.09. The fourth-order valence-electron chi connectivity index (χ4n) is 1.19. The second kappa shape index (κ2) is 10.1. The van der Waals surface area contributed by atoms with Crippen molar-refractivity contribution in [3.05, 3.63) is 72.3 Å². The lowest BCUT2D eigenvalue weighted by Crippen LogP contribution is -1.93. The lowest BCUT2D eigenvalue weighted by Gasteiger charge is -1.90. The van der Waals surface area contributed by atoms with Gasteiger partial charge in [0.05, 0.1) is 5.56 Å². The van der Waals surface area contributed by atoms with Gasteiger partial charge in [-0.3, -0.25) is 9.11 Å². The Kier molecular flexibility index (Phi) is 8.94. The monoisotopic (exact) mass is 340 g/mol. The van der Waals surface area contributed by atoms with E-state index in [9.17, 15) is 4.79 Å². The fraction of sp³-hybridized carbons (Fsp3) is 0. The van der Waals surface area contributed by atoms with Gasteiger partial charge in [0.25, 0.3) is 0 Å². The summed E-state index contributed by atoms with van der Waals surface area (Å²) in [4.78, 5) is 10.2. The molecule has 0 saturated heterocycles. The first-order valence-electron chi connectivity index (χ1n) is 6.03. The molecule has 0 aliphatic rings. The molecule has 0 aliphatic heterocycles. The maximum atomic E-state index is 10.2. The fourth-order valence-corrected chi connectivity index (χ4v) is 1.19. The Morgan fingerprint density at radius 3 is 1.70 bits per heavy atom. The van der Waals surface area contributed by atoms with Gasteiger partial charge in [0.1, 0.15) is 5.75 Å². The zero-order valence-corrected chi connectivity index (χ0v) is 12.7. The number of carboxylic acid groups (broad SMARTS) is 1. The van der Waals surface area contributed by atoms with E-state index in [1.807, 2.05) is 12.1 Å². The molecule has 0 heterocycles. The summed E-state index contributed by atoms with van der Waals surface area (Å²) in [6.45, 7) is 3.58. The summed E-state index contributed by atoms with van der Waals surface area (Å²) in [5.41, 5.74) is 1.35. The van der Waals surface area contributed by atoms with E-state index in [1.165, 1.54) is 0 Å². The Morgan fingerprint density at radius 1 is 0.957 bits per heavy atom. The number of aromatic carboxylic acids is 1. The number of carboxylic acids is 1. The van der Waals surface area contributed by atoms with Crippen LogP contribution in [0.15, 0.2) is 61.2 Å². The summed E-state index contributed by atoms with van der Waals surface area (Å²) >= 11 is 0. The SMILES string of the molecule is C=Cc1ccc(O)cc1.O=C(O)c1ccccc1.O=S(=O)(O)O. The zero-order valence-electron chi connectivity index (χ0n) is 11.9. The highest BCUT2D eigenvalue weighted by molar-refractivity contribution is 7.79. The van der Waals surface area contributed by atoms with E-state index < -0.39 is 16.4 Å². The van der Waals surface area contributed by atoms with E-state index in [-0.39, 0.29) is 0 Å². The van der Waals surface area contributed by atoms with Gasteiger partial charge < -0.3 is 10.2 Å². The number of rotatable bonds is 2. The van der Waals surface area contributed by atoms with Crippen LogP contribution in [0.3, 0.4) is 0 Å². The summed E-state index contributed by atoms with van der Waals surface area (Å²) in [7, 11) is -4.67. The van der Waals surface area contributed by atoms with Gasteiger partial charge in [-0.15, -0.1) is 0 Å². The topological polar surface area (TPSA) is 132 Å². The van der Waals surface area contributed by atoms with Crippen molar-refractivity contribution >= 4 is 22.4 Å². The highest BCUT2D eigenvalue weighted by atomic mass is 32.3. The van der Waals surface area contributed by atoms with Crippen molar-refractivity contribution in [2.45, 2.75) is 0 Å². The molecule has 0 aromatic heterocycles. The lowest BCUT2D eigenvalue weighted by molar-refractivity contribution is 0.0697. The number of hydrogen-bond donors (Lipinski definition) is 4. The standard InChI is InChI=1S/C8H8O.C7H6O2.H2O4S/c1-2-7-3-5-8(9)6-4-7;8-7(9)6-4-2-1-3-5-6;1-5(2,3)4/h2-6,9H,1H2;1-5H,(H,8,9);(H2,1,2,3,4). The molecular formula is C15H16O7S. The Hall–Kier alpha value is -2.68. The van der Waals surface area contributed by atoms with Crippen molar-refractivity contribution in [1.29, 1.82) is 0 Å². The Bertz CT molecular complexity index is 699. The molecule has 0 radical (unpaired) electrons. The number of carbonyl (C=O) groups is 1.